The van der Waals surface area contributed by atoms with Crippen molar-refractivity contribution in [2.75, 3.05) is 6.54 Å². The van der Waals surface area contributed by atoms with E-state index in [0.29, 0.717) is 24.9 Å². The van der Waals surface area contributed by atoms with E-state index in [1.807, 2.05) is 60.8 Å². The number of ketones is 1. The van der Waals surface area contributed by atoms with E-state index in [9.17, 15) is 25.1 Å². The van der Waals surface area contributed by atoms with Crippen molar-refractivity contribution in [1.82, 2.24) is 4.90 Å². The van der Waals surface area contributed by atoms with E-state index in [1.54, 1.807) is 11.0 Å². The van der Waals surface area contributed by atoms with Crippen LogP contribution in [-0.2, 0) is 22.4 Å². The molecule has 1 saturated heterocycles. The molecular weight excluding hydrogens is 472 g/mol. The number of hydrogen-bond acceptors (Lipinski definition) is 6. The van der Waals surface area contributed by atoms with Crippen molar-refractivity contribution in [3.8, 4) is 6.07 Å². The molecule has 1 aliphatic rings. The van der Waals surface area contributed by atoms with Gasteiger partial charge in [0.25, 0.3) is 5.91 Å². The quantitative estimate of drug-likeness (QED) is 0.459. The van der Waals surface area contributed by atoms with Crippen LogP contribution in [0.5, 0.6) is 0 Å². The number of thiophene rings is 1. The molecule has 0 bridgehead atoms. The summed E-state index contributed by atoms with van der Waals surface area (Å²) in [7, 11) is 0. The molecule has 2 heterocycles. The highest BCUT2D eigenvalue weighted by atomic mass is 32.1. The number of nitrogens with zero attached hydrogens (tertiary/aromatic N) is 2. The van der Waals surface area contributed by atoms with Gasteiger partial charge in [0.1, 0.15) is 6.10 Å². The van der Waals surface area contributed by atoms with E-state index >= 15 is 0 Å². The maximum Gasteiger partial charge on any atom is 0.255 e. The molecule has 0 saturated carbocycles. The first-order chi connectivity index (χ1) is 17.4. The average Bonchev–Trinajstić information content (AvgIpc) is 3.56. The first kappa shape index (κ1) is 25.8. The molecule has 1 aliphatic heterocycles. The number of amides is 1. The van der Waals surface area contributed by atoms with Crippen LogP contribution in [0.1, 0.15) is 58.0 Å². The Morgan fingerprint density at radius 3 is 2.72 bits per heavy atom. The number of Topliss-reactive ketones (excluding diaryl/α,β-unsaturated/α-hetero) is 1. The largest absolute Gasteiger partial charge is 0.382 e. The Hall–Kier alpha value is -3.31. The summed E-state index contributed by atoms with van der Waals surface area (Å²) in [4.78, 5) is 28.2. The Balaban J connectivity index is 1.33. The van der Waals surface area contributed by atoms with Crippen LogP contribution in [0.4, 0.5) is 0 Å². The maximum atomic E-state index is 13.0. The summed E-state index contributed by atoms with van der Waals surface area (Å²) in [5.74, 6) is -1.15. The third-order valence-electron chi connectivity index (χ3n) is 6.70. The summed E-state index contributed by atoms with van der Waals surface area (Å²) in [5, 5.41) is 32.3. The predicted octanol–water partition coefficient (Wildman–Crippen LogP) is 4.11. The Morgan fingerprint density at radius 2 is 1.94 bits per heavy atom. The highest BCUT2D eigenvalue weighted by Crippen LogP contribution is 2.33. The second-order valence-corrected chi connectivity index (χ2v) is 10.3. The van der Waals surface area contributed by atoms with Crippen molar-refractivity contribution in [3.05, 3.63) is 92.7 Å². The molecule has 1 amide bonds. The second-order valence-electron chi connectivity index (χ2n) is 9.33. The fourth-order valence-electron chi connectivity index (χ4n) is 4.78. The highest BCUT2D eigenvalue weighted by Gasteiger charge is 2.38. The van der Waals surface area contributed by atoms with E-state index in [1.165, 1.54) is 11.3 Å². The van der Waals surface area contributed by atoms with Gasteiger partial charge in [-0.15, -0.1) is 11.3 Å². The standard InChI is InChI=1S/C29H30N2O4S/c1-19-6-4-9-22(14-19)25-10-5-13-31(25)29(35)28(34)27(33)26(32)12-11-24-16-20(18-36-24)15-21-7-2-3-8-23(21)17-30/h2-4,6-9,14,16,18,25,27-28,33-34H,5,10-13,15H2,1H3/t25-,27+,28-/m1/s1. The summed E-state index contributed by atoms with van der Waals surface area (Å²) in [6.07, 6.45) is -0.866. The molecule has 36 heavy (non-hydrogen) atoms. The topological polar surface area (TPSA) is 102 Å². The molecule has 0 unspecified atom stereocenters. The number of aryl methyl sites for hydroxylation is 2. The van der Waals surface area contributed by atoms with Crippen molar-refractivity contribution in [3.63, 3.8) is 0 Å². The zero-order chi connectivity index (χ0) is 25.7. The predicted molar refractivity (Wildman–Crippen MR) is 138 cm³/mol. The molecule has 7 heteroatoms. The van der Waals surface area contributed by atoms with Crippen molar-refractivity contribution in [2.45, 2.75) is 57.3 Å². The number of benzene rings is 2. The van der Waals surface area contributed by atoms with Gasteiger partial charge in [-0.2, -0.15) is 5.26 Å². The van der Waals surface area contributed by atoms with Crippen molar-refractivity contribution in [2.24, 2.45) is 0 Å². The minimum Gasteiger partial charge on any atom is -0.382 e. The van der Waals surface area contributed by atoms with Crippen molar-refractivity contribution < 1.29 is 19.8 Å². The molecule has 2 aromatic carbocycles. The number of rotatable bonds is 9. The number of aliphatic hydroxyl groups excluding tert-OH is 2. The van der Waals surface area contributed by atoms with Crippen LogP contribution in [0.25, 0.3) is 0 Å². The zero-order valence-electron chi connectivity index (χ0n) is 20.3. The van der Waals surface area contributed by atoms with Gasteiger partial charge in [-0.1, -0.05) is 48.0 Å². The number of nitriles is 1. The van der Waals surface area contributed by atoms with Gasteiger partial charge in [0.2, 0.25) is 0 Å². The summed E-state index contributed by atoms with van der Waals surface area (Å²) in [6, 6.07) is 19.4. The Kier molecular flexibility index (Phi) is 8.32. The monoisotopic (exact) mass is 502 g/mol. The molecule has 0 aliphatic carbocycles. The third-order valence-corrected chi connectivity index (χ3v) is 7.75. The van der Waals surface area contributed by atoms with Gasteiger partial charge >= 0.3 is 0 Å². The molecule has 6 nitrogen and oxygen atoms in total. The number of likely N-dealkylation sites (tertiary alicyclic amines) is 1. The lowest BCUT2D eigenvalue weighted by Gasteiger charge is -2.28. The number of aliphatic hydroxyl groups is 2. The molecule has 3 aromatic rings. The molecule has 1 aromatic heterocycles. The lowest BCUT2D eigenvalue weighted by atomic mass is 10.00. The maximum absolute atomic E-state index is 13.0. The van der Waals surface area contributed by atoms with Gasteiger partial charge in [-0.25, -0.2) is 0 Å². The molecule has 0 spiro atoms. The van der Waals surface area contributed by atoms with Crippen LogP contribution >= 0.6 is 11.3 Å². The first-order valence-corrected chi connectivity index (χ1v) is 13.1. The van der Waals surface area contributed by atoms with Gasteiger partial charge in [-0.3, -0.25) is 9.59 Å². The minimum absolute atomic E-state index is 0.0293. The van der Waals surface area contributed by atoms with Gasteiger partial charge in [0.15, 0.2) is 11.9 Å². The van der Waals surface area contributed by atoms with E-state index < -0.39 is 23.9 Å². The van der Waals surface area contributed by atoms with Crippen LogP contribution < -0.4 is 0 Å². The van der Waals surface area contributed by atoms with Crippen molar-refractivity contribution in [1.29, 1.82) is 5.26 Å². The zero-order valence-corrected chi connectivity index (χ0v) is 21.1. The van der Waals surface area contributed by atoms with Gasteiger partial charge in [0.05, 0.1) is 17.7 Å². The first-order valence-electron chi connectivity index (χ1n) is 12.2. The summed E-state index contributed by atoms with van der Waals surface area (Å²) < 4.78 is 0. The fourth-order valence-corrected chi connectivity index (χ4v) is 5.68. The summed E-state index contributed by atoms with van der Waals surface area (Å²) in [5.41, 5.74) is 4.73. The van der Waals surface area contributed by atoms with Crippen LogP contribution in [0.2, 0.25) is 0 Å². The Labute approximate surface area is 215 Å². The normalized spacial score (nSPS) is 16.9. The van der Waals surface area contributed by atoms with E-state index in [0.717, 1.165) is 40.0 Å². The molecule has 186 valence electrons. The fraction of sp³-hybridized carbons (Fsp3) is 0.345. The SMILES string of the molecule is Cc1cccc([C@H]2CCCN2C(=O)[C@H](O)[C@@H](O)C(=O)CCc2cc(Cc3ccccc3C#N)cs2)c1. The van der Waals surface area contributed by atoms with Crippen LogP contribution in [0, 0.1) is 18.3 Å². The summed E-state index contributed by atoms with van der Waals surface area (Å²) >= 11 is 1.52. The second kappa shape index (κ2) is 11.6. The highest BCUT2D eigenvalue weighted by molar-refractivity contribution is 7.10. The van der Waals surface area contributed by atoms with Crippen LogP contribution in [0.15, 0.2) is 60.0 Å². The average molecular weight is 503 g/mol. The number of carbonyl (C=O) groups is 2. The number of hydrogen-bond donors (Lipinski definition) is 2. The third kappa shape index (κ3) is 5.90. The number of carbonyl (C=O) groups excluding carboxylic acids is 2. The molecule has 1 fully saturated rings. The van der Waals surface area contributed by atoms with Gasteiger partial charge in [-0.05, 0) is 66.8 Å². The lowest BCUT2D eigenvalue weighted by molar-refractivity contribution is -0.153. The molecule has 0 radical (unpaired) electrons. The molecule has 4 rings (SSSR count). The minimum atomic E-state index is -1.77. The Morgan fingerprint density at radius 1 is 1.14 bits per heavy atom. The summed E-state index contributed by atoms with van der Waals surface area (Å²) in [6.45, 7) is 2.48. The molecule has 2 N–H and O–H groups in total. The van der Waals surface area contributed by atoms with Crippen LogP contribution in [0.3, 0.4) is 0 Å². The van der Waals surface area contributed by atoms with E-state index in [4.69, 9.17) is 0 Å². The van der Waals surface area contributed by atoms with Crippen molar-refractivity contribution >= 4 is 23.0 Å². The van der Waals surface area contributed by atoms with E-state index in [2.05, 4.69) is 6.07 Å². The van der Waals surface area contributed by atoms with Gasteiger partial charge < -0.3 is 15.1 Å². The van der Waals surface area contributed by atoms with Crippen LogP contribution in [-0.4, -0.2) is 45.6 Å². The van der Waals surface area contributed by atoms with E-state index in [-0.39, 0.29) is 12.5 Å². The molecular formula is C29H30N2O4S. The van der Waals surface area contributed by atoms with Gasteiger partial charge in [0, 0.05) is 17.8 Å². The lowest BCUT2D eigenvalue weighted by Crippen LogP contribution is -2.47. The smallest absolute Gasteiger partial charge is 0.255 e. The molecule has 3 atom stereocenters. The Bertz CT molecular complexity index is 1280.